The van der Waals surface area contributed by atoms with Crippen molar-refractivity contribution in [2.75, 3.05) is 11.9 Å². The molecule has 3 heterocycles. The number of pyridine rings is 1. The fraction of sp³-hybridized carbons (Fsp3) is 0.217. The molecule has 0 saturated heterocycles. The third-order valence-electron chi connectivity index (χ3n) is 5.21. The van der Waals surface area contributed by atoms with Crippen LogP contribution in [-0.2, 0) is 12.7 Å². The Balaban J connectivity index is 1.74. The maximum Gasteiger partial charge on any atom is 0.436 e. The van der Waals surface area contributed by atoms with Crippen LogP contribution in [-0.4, -0.2) is 48.1 Å². The summed E-state index contributed by atoms with van der Waals surface area (Å²) < 4.78 is 40.9. The van der Waals surface area contributed by atoms with Crippen LogP contribution >= 0.6 is 23.2 Å². The van der Waals surface area contributed by atoms with Crippen molar-refractivity contribution in [1.82, 2.24) is 35.1 Å². The molecule has 0 radical (unpaired) electrons. The molecule has 0 aliphatic heterocycles. The highest BCUT2D eigenvalue weighted by molar-refractivity contribution is 6.32. The van der Waals surface area contributed by atoms with E-state index < -0.39 is 23.7 Å². The summed E-state index contributed by atoms with van der Waals surface area (Å²) in [7, 11) is 0. The number of anilines is 1. The average Bonchev–Trinajstić information content (AvgIpc) is 3.49. The van der Waals surface area contributed by atoms with Gasteiger partial charge in [-0.2, -0.15) is 18.3 Å². The second-order valence-corrected chi connectivity index (χ2v) is 8.84. The Morgan fingerprint density at radius 2 is 1.89 bits per heavy atom. The fourth-order valence-corrected chi connectivity index (χ4v) is 4.03. The van der Waals surface area contributed by atoms with E-state index in [1.165, 1.54) is 24.4 Å². The Morgan fingerprint density at radius 1 is 1.13 bits per heavy atom. The number of benzene rings is 1. The smallest absolute Gasteiger partial charge is 0.352 e. The van der Waals surface area contributed by atoms with Gasteiger partial charge in [0.25, 0.3) is 11.8 Å². The molecule has 0 fully saturated rings. The van der Waals surface area contributed by atoms with Crippen LogP contribution in [0.5, 0.6) is 0 Å². The first-order valence-corrected chi connectivity index (χ1v) is 11.8. The molecule has 4 rings (SSSR count). The lowest BCUT2D eigenvalue weighted by molar-refractivity contribution is -0.141. The van der Waals surface area contributed by atoms with E-state index in [0.717, 1.165) is 15.6 Å². The summed E-state index contributed by atoms with van der Waals surface area (Å²) in [5, 5.41) is 16.8. The Kier molecular flexibility index (Phi) is 7.69. The quantitative estimate of drug-likeness (QED) is 0.339. The van der Waals surface area contributed by atoms with Crippen molar-refractivity contribution in [2.24, 2.45) is 0 Å². The number of halogens is 5. The van der Waals surface area contributed by atoms with Crippen molar-refractivity contribution in [1.29, 1.82) is 0 Å². The zero-order valence-electron chi connectivity index (χ0n) is 19.8. The highest BCUT2D eigenvalue weighted by Crippen LogP contribution is 2.28. The summed E-state index contributed by atoms with van der Waals surface area (Å²) >= 11 is 12.4. The molecule has 1 aromatic carbocycles. The third-order valence-corrected chi connectivity index (χ3v) is 5.72. The molecule has 2 amide bonds. The van der Waals surface area contributed by atoms with E-state index in [-0.39, 0.29) is 40.0 Å². The standard InChI is InChI=1S/C23H19Cl2F3N8O2/c1-3-29-21(37)15-8-13(24)7-12(2)19(15)31-22(38)17-9-14(10-35-11-18(32-34-35)23(26,27)28)33-36(17)20-16(25)5-4-6-30-20/h4-9,11H,3,10H2,1-2H3,(H,29,37)(H,31,38). The van der Waals surface area contributed by atoms with Crippen molar-refractivity contribution < 1.29 is 22.8 Å². The van der Waals surface area contributed by atoms with Crippen LogP contribution in [0.15, 0.2) is 42.7 Å². The van der Waals surface area contributed by atoms with Gasteiger partial charge in [-0.05, 0) is 49.7 Å². The molecule has 0 spiro atoms. The van der Waals surface area contributed by atoms with Crippen molar-refractivity contribution in [2.45, 2.75) is 26.6 Å². The Morgan fingerprint density at radius 3 is 2.55 bits per heavy atom. The Hall–Kier alpha value is -3.97. The molecule has 198 valence electrons. The van der Waals surface area contributed by atoms with Crippen LogP contribution in [0.3, 0.4) is 0 Å². The average molecular weight is 567 g/mol. The zero-order valence-corrected chi connectivity index (χ0v) is 21.4. The van der Waals surface area contributed by atoms with E-state index >= 15 is 0 Å². The van der Waals surface area contributed by atoms with Gasteiger partial charge in [0, 0.05) is 17.8 Å². The molecule has 0 aliphatic rings. The molecule has 0 aliphatic carbocycles. The molecule has 4 aromatic rings. The number of alkyl halides is 3. The number of aromatic nitrogens is 6. The number of amides is 2. The van der Waals surface area contributed by atoms with Gasteiger partial charge in [0.05, 0.1) is 34.7 Å². The fourth-order valence-electron chi connectivity index (χ4n) is 3.56. The SMILES string of the molecule is CCNC(=O)c1cc(Cl)cc(C)c1NC(=O)c1cc(Cn2cc(C(F)(F)F)nn2)nn1-c1ncccc1Cl. The van der Waals surface area contributed by atoms with Crippen LogP contribution in [0, 0.1) is 6.92 Å². The lowest BCUT2D eigenvalue weighted by Crippen LogP contribution is -2.26. The van der Waals surface area contributed by atoms with Crippen LogP contribution in [0.25, 0.3) is 5.82 Å². The van der Waals surface area contributed by atoms with Crippen molar-refractivity contribution in [3.05, 3.63) is 81.0 Å². The van der Waals surface area contributed by atoms with Crippen LogP contribution in [0.1, 0.15) is 44.7 Å². The van der Waals surface area contributed by atoms with Crippen molar-refractivity contribution in [3.63, 3.8) is 0 Å². The monoisotopic (exact) mass is 566 g/mol. The van der Waals surface area contributed by atoms with Gasteiger partial charge in [-0.3, -0.25) is 9.59 Å². The first kappa shape index (κ1) is 27.1. The van der Waals surface area contributed by atoms with Crippen LogP contribution in [0.2, 0.25) is 10.0 Å². The minimum atomic E-state index is -4.66. The number of carbonyl (C=O) groups is 2. The number of rotatable bonds is 7. The number of hydrogen-bond donors (Lipinski definition) is 2. The summed E-state index contributed by atoms with van der Waals surface area (Å²) in [5.41, 5.74) is -0.150. The lowest BCUT2D eigenvalue weighted by atomic mass is 10.1. The lowest BCUT2D eigenvalue weighted by Gasteiger charge is -2.15. The molecule has 2 N–H and O–H groups in total. The van der Waals surface area contributed by atoms with Gasteiger partial charge in [0.15, 0.2) is 11.5 Å². The molecule has 3 aromatic heterocycles. The molecule has 0 unspecified atom stereocenters. The van der Waals surface area contributed by atoms with E-state index in [9.17, 15) is 22.8 Å². The summed E-state index contributed by atoms with van der Waals surface area (Å²) in [5.74, 6) is -1.02. The zero-order chi connectivity index (χ0) is 27.6. The third kappa shape index (κ3) is 5.78. The first-order chi connectivity index (χ1) is 18.0. The van der Waals surface area contributed by atoms with Crippen LogP contribution < -0.4 is 10.6 Å². The largest absolute Gasteiger partial charge is 0.436 e. The van der Waals surface area contributed by atoms with Gasteiger partial charge in [0.1, 0.15) is 5.69 Å². The number of aryl methyl sites for hydroxylation is 1. The summed E-state index contributed by atoms with van der Waals surface area (Å²) in [6.45, 7) is 3.54. The topological polar surface area (TPSA) is 120 Å². The summed E-state index contributed by atoms with van der Waals surface area (Å²) in [4.78, 5) is 30.3. The molecule has 10 nitrogen and oxygen atoms in total. The molecule has 38 heavy (non-hydrogen) atoms. The Bertz CT molecular complexity index is 1520. The maximum atomic E-state index is 13.5. The molecular weight excluding hydrogens is 548 g/mol. The number of nitrogens with one attached hydrogen (secondary N) is 2. The van der Waals surface area contributed by atoms with Gasteiger partial charge in [-0.15, -0.1) is 5.10 Å². The maximum absolute atomic E-state index is 13.5. The van der Waals surface area contributed by atoms with Crippen LogP contribution in [0.4, 0.5) is 18.9 Å². The van der Waals surface area contributed by atoms with E-state index in [1.807, 2.05) is 0 Å². The Labute approximate surface area is 223 Å². The summed E-state index contributed by atoms with van der Waals surface area (Å²) in [6, 6.07) is 7.49. The first-order valence-electron chi connectivity index (χ1n) is 11.0. The molecule has 15 heteroatoms. The van der Waals surface area contributed by atoms with E-state index in [2.05, 4.69) is 31.0 Å². The summed E-state index contributed by atoms with van der Waals surface area (Å²) in [6.07, 6.45) is -2.50. The normalized spacial score (nSPS) is 11.4. The predicted octanol–water partition coefficient (Wildman–Crippen LogP) is 4.54. The predicted molar refractivity (Wildman–Crippen MR) is 133 cm³/mol. The molecule has 0 bridgehead atoms. The van der Waals surface area contributed by atoms with Crippen molar-refractivity contribution in [3.8, 4) is 5.82 Å². The van der Waals surface area contributed by atoms with Gasteiger partial charge in [-0.25, -0.2) is 14.3 Å². The van der Waals surface area contributed by atoms with E-state index in [1.54, 1.807) is 26.0 Å². The molecular formula is C23H19Cl2F3N8O2. The van der Waals surface area contributed by atoms with E-state index in [0.29, 0.717) is 17.1 Å². The van der Waals surface area contributed by atoms with Gasteiger partial charge >= 0.3 is 6.18 Å². The number of nitrogens with zero attached hydrogens (tertiary/aromatic N) is 6. The molecule has 0 saturated carbocycles. The second kappa shape index (κ2) is 10.8. The number of carbonyl (C=O) groups excluding carboxylic acids is 2. The second-order valence-electron chi connectivity index (χ2n) is 8.00. The van der Waals surface area contributed by atoms with Gasteiger partial charge in [0.2, 0.25) is 0 Å². The highest BCUT2D eigenvalue weighted by atomic mass is 35.5. The highest BCUT2D eigenvalue weighted by Gasteiger charge is 2.34. The minimum absolute atomic E-state index is 0.0482. The number of hydrogen-bond acceptors (Lipinski definition) is 6. The van der Waals surface area contributed by atoms with Gasteiger partial charge in [-0.1, -0.05) is 28.4 Å². The van der Waals surface area contributed by atoms with Gasteiger partial charge < -0.3 is 10.6 Å². The van der Waals surface area contributed by atoms with Crippen molar-refractivity contribution >= 4 is 40.7 Å². The van der Waals surface area contributed by atoms with E-state index in [4.69, 9.17) is 23.2 Å². The minimum Gasteiger partial charge on any atom is -0.352 e. The molecule has 0 atom stereocenters.